The van der Waals surface area contributed by atoms with Gasteiger partial charge in [-0.15, -0.1) is 10.2 Å². The second kappa shape index (κ2) is 5.84. The number of carboxylic acids is 1. The first-order valence-corrected chi connectivity index (χ1v) is 6.73. The smallest absolute Gasteiger partial charge is 0.356 e. The largest absolute Gasteiger partial charge is 0.476 e. The molecule has 1 aromatic heterocycles. The molecule has 0 aliphatic rings. The van der Waals surface area contributed by atoms with Crippen molar-refractivity contribution in [1.82, 2.24) is 10.2 Å². The molecule has 1 N–H and O–H groups in total. The summed E-state index contributed by atoms with van der Waals surface area (Å²) in [7, 11) is 0. The fourth-order valence-corrected chi connectivity index (χ4v) is 2.26. The third kappa shape index (κ3) is 3.54. The summed E-state index contributed by atoms with van der Waals surface area (Å²) in [6, 6.07) is 11.4. The van der Waals surface area contributed by atoms with E-state index in [1.165, 1.54) is 23.4 Å². The van der Waals surface area contributed by atoms with Crippen molar-refractivity contribution < 1.29 is 9.90 Å². The van der Waals surface area contributed by atoms with E-state index in [0.29, 0.717) is 10.9 Å². The van der Waals surface area contributed by atoms with Gasteiger partial charge in [-0.2, -0.15) is 0 Å². The van der Waals surface area contributed by atoms with E-state index in [4.69, 9.17) is 5.11 Å². The van der Waals surface area contributed by atoms with Crippen LogP contribution in [0.5, 0.6) is 0 Å². The zero-order valence-corrected chi connectivity index (χ0v) is 11.5. The zero-order valence-electron chi connectivity index (χ0n) is 10.7. The Labute approximate surface area is 115 Å². The SMILES string of the molecule is CC(C)c1ccc(Sc2ccc(C(=O)O)nn2)cc1. The highest BCUT2D eigenvalue weighted by atomic mass is 32.2. The van der Waals surface area contributed by atoms with E-state index in [9.17, 15) is 4.79 Å². The van der Waals surface area contributed by atoms with Gasteiger partial charge in [-0.1, -0.05) is 37.7 Å². The molecule has 0 saturated heterocycles. The first-order chi connectivity index (χ1) is 9.06. The van der Waals surface area contributed by atoms with Gasteiger partial charge >= 0.3 is 5.97 Å². The molecular weight excluding hydrogens is 260 g/mol. The average Bonchev–Trinajstić information content (AvgIpc) is 2.40. The number of hydrogen-bond acceptors (Lipinski definition) is 4. The summed E-state index contributed by atoms with van der Waals surface area (Å²) in [5.41, 5.74) is 1.25. The summed E-state index contributed by atoms with van der Waals surface area (Å²) in [5, 5.41) is 17.0. The van der Waals surface area contributed by atoms with Gasteiger partial charge in [0.1, 0.15) is 5.03 Å². The van der Waals surface area contributed by atoms with Crippen LogP contribution in [0.25, 0.3) is 0 Å². The molecule has 98 valence electrons. The highest BCUT2D eigenvalue weighted by Crippen LogP contribution is 2.27. The van der Waals surface area contributed by atoms with Crippen molar-refractivity contribution >= 4 is 17.7 Å². The van der Waals surface area contributed by atoms with Crippen molar-refractivity contribution in [2.75, 3.05) is 0 Å². The first-order valence-electron chi connectivity index (χ1n) is 5.91. The maximum atomic E-state index is 10.7. The van der Waals surface area contributed by atoms with Gasteiger partial charge in [0.05, 0.1) is 0 Å². The van der Waals surface area contributed by atoms with Crippen LogP contribution in [0.3, 0.4) is 0 Å². The molecular formula is C14H14N2O2S. The number of hydrogen-bond donors (Lipinski definition) is 1. The molecule has 1 heterocycles. The van der Waals surface area contributed by atoms with Gasteiger partial charge in [0.25, 0.3) is 0 Å². The van der Waals surface area contributed by atoms with E-state index in [1.54, 1.807) is 6.07 Å². The van der Waals surface area contributed by atoms with E-state index in [0.717, 1.165) is 4.90 Å². The number of carbonyl (C=O) groups is 1. The number of rotatable bonds is 4. The van der Waals surface area contributed by atoms with Gasteiger partial charge in [0.2, 0.25) is 0 Å². The average molecular weight is 274 g/mol. The lowest BCUT2D eigenvalue weighted by Gasteiger charge is -2.06. The van der Waals surface area contributed by atoms with Crippen LogP contribution in [0.15, 0.2) is 46.3 Å². The Bertz CT molecular complexity index is 565. The fourth-order valence-electron chi connectivity index (χ4n) is 1.53. The van der Waals surface area contributed by atoms with Gasteiger partial charge in [-0.25, -0.2) is 4.79 Å². The van der Waals surface area contributed by atoms with Crippen LogP contribution < -0.4 is 0 Å². The Kier molecular flexibility index (Phi) is 4.16. The highest BCUT2D eigenvalue weighted by Gasteiger charge is 2.06. The molecule has 19 heavy (non-hydrogen) atoms. The predicted octanol–water partition coefficient (Wildman–Crippen LogP) is 3.45. The number of carboxylic acid groups (broad SMARTS) is 1. The van der Waals surface area contributed by atoms with E-state index in [2.05, 4.69) is 36.2 Å². The predicted molar refractivity (Wildman–Crippen MR) is 73.6 cm³/mol. The minimum absolute atomic E-state index is 0.0421. The summed E-state index contributed by atoms with van der Waals surface area (Å²) in [4.78, 5) is 11.7. The van der Waals surface area contributed by atoms with Crippen molar-refractivity contribution in [1.29, 1.82) is 0 Å². The van der Waals surface area contributed by atoms with Crippen molar-refractivity contribution in [3.05, 3.63) is 47.7 Å². The van der Waals surface area contributed by atoms with Crippen LogP contribution in [0.1, 0.15) is 35.8 Å². The molecule has 2 aromatic rings. The summed E-state index contributed by atoms with van der Waals surface area (Å²) in [6.07, 6.45) is 0. The third-order valence-corrected chi connectivity index (χ3v) is 3.56. The molecule has 0 fully saturated rings. The lowest BCUT2D eigenvalue weighted by Crippen LogP contribution is -2.01. The van der Waals surface area contributed by atoms with Crippen LogP contribution in [-0.4, -0.2) is 21.3 Å². The molecule has 2 rings (SSSR count). The summed E-state index contributed by atoms with van der Waals surface area (Å²) < 4.78 is 0. The van der Waals surface area contributed by atoms with Gasteiger partial charge in [0.15, 0.2) is 5.69 Å². The minimum atomic E-state index is -1.06. The Morgan fingerprint density at radius 1 is 1.11 bits per heavy atom. The van der Waals surface area contributed by atoms with Crippen molar-refractivity contribution in [3.63, 3.8) is 0 Å². The lowest BCUT2D eigenvalue weighted by molar-refractivity contribution is 0.0689. The normalized spacial score (nSPS) is 10.7. The van der Waals surface area contributed by atoms with Crippen LogP contribution >= 0.6 is 11.8 Å². The Morgan fingerprint density at radius 2 is 1.79 bits per heavy atom. The molecule has 5 heteroatoms. The molecule has 0 amide bonds. The molecule has 0 saturated carbocycles. The molecule has 4 nitrogen and oxygen atoms in total. The summed E-state index contributed by atoms with van der Waals surface area (Å²) in [6.45, 7) is 4.30. The molecule has 0 radical (unpaired) electrons. The molecule has 0 aliphatic heterocycles. The molecule has 0 aliphatic carbocycles. The number of benzene rings is 1. The van der Waals surface area contributed by atoms with Crippen molar-refractivity contribution in [3.8, 4) is 0 Å². The second-order valence-electron chi connectivity index (χ2n) is 4.39. The lowest BCUT2D eigenvalue weighted by atomic mass is 10.0. The quantitative estimate of drug-likeness (QED) is 0.925. The fraction of sp³-hybridized carbons (Fsp3) is 0.214. The zero-order chi connectivity index (χ0) is 13.8. The third-order valence-electron chi connectivity index (χ3n) is 2.63. The minimum Gasteiger partial charge on any atom is -0.476 e. The Morgan fingerprint density at radius 3 is 2.26 bits per heavy atom. The number of aromatic carboxylic acids is 1. The first kappa shape index (κ1) is 13.5. The van der Waals surface area contributed by atoms with E-state index >= 15 is 0 Å². The molecule has 0 bridgehead atoms. The van der Waals surface area contributed by atoms with Crippen LogP contribution in [0.2, 0.25) is 0 Å². The van der Waals surface area contributed by atoms with Gasteiger partial charge in [-0.3, -0.25) is 0 Å². The molecule has 0 unspecified atom stereocenters. The standard InChI is InChI=1S/C14H14N2O2S/c1-9(2)10-3-5-11(6-4-10)19-13-8-7-12(14(17)18)15-16-13/h3-9H,1-2H3,(H,17,18). The highest BCUT2D eigenvalue weighted by molar-refractivity contribution is 7.99. The van der Waals surface area contributed by atoms with E-state index in [1.807, 2.05) is 12.1 Å². The maximum Gasteiger partial charge on any atom is 0.356 e. The van der Waals surface area contributed by atoms with Gasteiger partial charge in [-0.05, 0) is 35.7 Å². The number of nitrogens with zero attached hydrogens (tertiary/aromatic N) is 2. The van der Waals surface area contributed by atoms with E-state index < -0.39 is 5.97 Å². The van der Waals surface area contributed by atoms with Crippen molar-refractivity contribution in [2.45, 2.75) is 29.7 Å². The molecule has 1 aromatic carbocycles. The van der Waals surface area contributed by atoms with Gasteiger partial charge < -0.3 is 5.11 Å². The Hall–Kier alpha value is -1.88. The summed E-state index contributed by atoms with van der Waals surface area (Å²) in [5.74, 6) is -0.556. The molecule has 0 atom stereocenters. The summed E-state index contributed by atoms with van der Waals surface area (Å²) >= 11 is 1.46. The van der Waals surface area contributed by atoms with Crippen LogP contribution in [0.4, 0.5) is 0 Å². The molecule has 0 spiro atoms. The topological polar surface area (TPSA) is 63.1 Å². The van der Waals surface area contributed by atoms with Crippen molar-refractivity contribution in [2.24, 2.45) is 0 Å². The van der Waals surface area contributed by atoms with Crippen LogP contribution in [0, 0.1) is 0 Å². The van der Waals surface area contributed by atoms with Crippen LogP contribution in [-0.2, 0) is 0 Å². The maximum absolute atomic E-state index is 10.7. The monoisotopic (exact) mass is 274 g/mol. The number of aromatic nitrogens is 2. The van der Waals surface area contributed by atoms with E-state index in [-0.39, 0.29) is 5.69 Å². The second-order valence-corrected chi connectivity index (χ2v) is 5.48. The van der Waals surface area contributed by atoms with Gasteiger partial charge in [0, 0.05) is 4.90 Å². The Balaban J connectivity index is 2.10.